The maximum absolute atomic E-state index is 11.3. The van der Waals surface area contributed by atoms with E-state index in [9.17, 15) is 9.90 Å². The highest BCUT2D eigenvalue weighted by molar-refractivity contribution is 9.10. The van der Waals surface area contributed by atoms with Crippen molar-refractivity contribution in [2.24, 2.45) is 0 Å². The Kier molecular flexibility index (Phi) is 4.50. The lowest BCUT2D eigenvalue weighted by Crippen LogP contribution is -2.17. The first kappa shape index (κ1) is 14.0. The third-order valence-corrected chi connectivity index (χ3v) is 3.27. The molecule has 2 rings (SSSR count). The van der Waals surface area contributed by atoms with Crippen LogP contribution in [0, 0.1) is 0 Å². The summed E-state index contributed by atoms with van der Waals surface area (Å²) in [6.07, 6.45) is 3.14. The molecule has 0 bridgehead atoms. The molecule has 0 amide bonds. The van der Waals surface area contributed by atoms with Crippen molar-refractivity contribution in [2.75, 3.05) is 0 Å². The zero-order valence-electron chi connectivity index (χ0n) is 9.75. The van der Waals surface area contributed by atoms with Gasteiger partial charge in [0.15, 0.2) is 0 Å². The van der Waals surface area contributed by atoms with E-state index in [2.05, 4.69) is 25.9 Å². The fourth-order valence-corrected chi connectivity index (χ4v) is 2.24. The molecule has 0 aliphatic heterocycles. The number of carbonyl (C=O) groups is 1. The maximum atomic E-state index is 11.3. The van der Waals surface area contributed by atoms with E-state index in [0.717, 1.165) is 10.0 Å². The maximum Gasteiger partial charge on any atom is 0.314 e. The number of hydrogen-bond donors (Lipinski definition) is 1. The summed E-state index contributed by atoms with van der Waals surface area (Å²) >= 11 is 9.06. The van der Waals surface area contributed by atoms with Crippen LogP contribution < -0.4 is 0 Å². The van der Waals surface area contributed by atoms with Crippen LogP contribution in [0.15, 0.2) is 41.1 Å². The average Bonchev–Trinajstić information content (AvgIpc) is 2.37. The fraction of sp³-hybridized carbons (Fsp3) is 0.154. The Hall–Kier alpha value is -1.46. The molecule has 1 atom stereocenters. The van der Waals surface area contributed by atoms with Crippen LogP contribution in [0.25, 0.3) is 0 Å². The number of aromatic nitrogens is 2. The summed E-state index contributed by atoms with van der Waals surface area (Å²) in [5.74, 6) is -1.48. The van der Waals surface area contributed by atoms with Crippen molar-refractivity contribution in [1.29, 1.82) is 0 Å². The summed E-state index contributed by atoms with van der Waals surface area (Å²) in [6.45, 7) is 0. The minimum absolute atomic E-state index is 0.261. The van der Waals surface area contributed by atoms with E-state index >= 15 is 0 Å². The number of halogens is 2. The standard InChI is InChI=1S/C13H10BrClN2O2/c14-9-3-1-2-8(4-9)5-11(13(18)19)12-16-6-10(15)7-17-12/h1-4,6-7,11H,5H2,(H,18,19). The van der Waals surface area contributed by atoms with Crippen molar-refractivity contribution in [3.63, 3.8) is 0 Å². The van der Waals surface area contributed by atoms with Gasteiger partial charge in [-0.2, -0.15) is 0 Å². The van der Waals surface area contributed by atoms with Gasteiger partial charge < -0.3 is 5.11 Å². The van der Waals surface area contributed by atoms with Crippen LogP contribution >= 0.6 is 27.5 Å². The molecule has 0 saturated carbocycles. The van der Waals surface area contributed by atoms with Gasteiger partial charge in [0.05, 0.1) is 5.02 Å². The van der Waals surface area contributed by atoms with Crippen LogP contribution in [0.4, 0.5) is 0 Å². The quantitative estimate of drug-likeness (QED) is 0.927. The van der Waals surface area contributed by atoms with Gasteiger partial charge in [-0.25, -0.2) is 9.97 Å². The van der Waals surface area contributed by atoms with Gasteiger partial charge >= 0.3 is 5.97 Å². The van der Waals surface area contributed by atoms with Crippen LogP contribution in [0.1, 0.15) is 17.3 Å². The molecule has 6 heteroatoms. The van der Waals surface area contributed by atoms with E-state index in [-0.39, 0.29) is 5.82 Å². The van der Waals surface area contributed by atoms with Crippen LogP contribution in [0.3, 0.4) is 0 Å². The number of carboxylic acids is 1. The molecule has 0 aliphatic carbocycles. The van der Waals surface area contributed by atoms with E-state index in [0.29, 0.717) is 11.4 Å². The van der Waals surface area contributed by atoms with Gasteiger partial charge in [-0.05, 0) is 24.1 Å². The number of carboxylic acid groups (broad SMARTS) is 1. The van der Waals surface area contributed by atoms with Crippen molar-refractivity contribution in [3.8, 4) is 0 Å². The van der Waals surface area contributed by atoms with Gasteiger partial charge in [0.25, 0.3) is 0 Å². The minimum atomic E-state index is -0.956. The average molecular weight is 342 g/mol. The van der Waals surface area contributed by atoms with E-state index in [1.165, 1.54) is 12.4 Å². The first-order valence-corrected chi connectivity index (χ1v) is 6.68. The number of nitrogens with zero attached hydrogens (tertiary/aromatic N) is 2. The Morgan fingerprint density at radius 2 is 2.05 bits per heavy atom. The monoisotopic (exact) mass is 340 g/mol. The van der Waals surface area contributed by atoms with Crippen molar-refractivity contribution in [2.45, 2.75) is 12.3 Å². The minimum Gasteiger partial charge on any atom is -0.481 e. The zero-order chi connectivity index (χ0) is 13.8. The molecule has 0 fully saturated rings. The number of hydrogen-bond acceptors (Lipinski definition) is 3. The molecular weight excluding hydrogens is 332 g/mol. The molecule has 0 saturated heterocycles. The molecule has 2 aromatic rings. The van der Waals surface area contributed by atoms with E-state index in [1.54, 1.807) is 0 Å². The van der Waals surface area contributed by atoms with E-state index in [1.807, 2.05) is 24.3 Å². The van der Waals surface area contributed by atoms with Gasteiger partial charge in [-0.3, -0.25) is 4.79 Å². The molecule has 1 N–H and O–H groups in total. The third-order valence-electron chi connectivity index (χ3n) is 2.58. The first-order valence-electron chi connectivity index (χ1n) is 5.51. The molecule has 0 aliphatic rings. The highest BCUT2D eigenvalue weighted by Crippen LogP contribution is 2.21. The summed E-state index contributed by atoms with van der Waals surface area (Å²) in [4.78, 5) is 19.3. The molecular formula is C13H10BrClN2O2. The second-order valence-corrected chi connectivity index (χ2v) is 5.34. The Morgan fingerprint density at radius 1 is 1.37 bits per heavy atom. The van der Waals surface area contributed by atoms with Gasteiger partial charge in [0.1, 0.15) is 11.7 Å². The normalized spacial score (nSPS) is 12.1. The zero-order valence-corrected chi connectivity index (χ0v) is 12.1. The molecule has 1 heterocycles. The van der Waals surface area contributed by atoms with Gasteiger partial charge in [-0.15, -0.1) is 0 Å². The summed E-state index contributed by atoms with van der Waals surface area (Å²) in [5, 5.41) is 9.69. The predicted molar refractivity (Wildman–Crippen MR) is 75.3 cm³/mol. The summed E-state index contributed by atoms with van der Waals surface area (Å²) in [7, 11) is 0. The van der Waals surface area contributed by atoms with Crippen molar-refractivity contribution < 1.29 is 9.90 Å². The molecule has 98 valence electrons. The van der Waals surface area contributed by atoms with Crippen LogP contribution in [-0.4, -0.2) is 21.0 Å². The third kappa shape index (κ3) is 3.75. The highest BCUT2D eigenvalue weighted by atomic mass is 79.9. The molecule has 19 heavy (non-hydrogen) atoms. The lowest BCUT2D eigenvalue weighted by atomic mass is 9.99. The van der Waals surface area contributed by atoms with Crippen LogP contribution in [0.2, 0.25) is 5.02 Å². The Balaban J connectivity index is 2.26. The topological polar surface area (TPSA) is 63.1 Å². The molecule has 0 radical (unpaired) electrons. The van der Waals surface area contributed by atoms with Crippen molar-refractivity contribution in [3.05, 3.63) is 57.5 Å². The predicted octanol–water partition coefficient (Wildman–Crippen LogP) is 3.30. The number of aliphatic carboxylic acids is 1. The fourth-order valence-electron chi connectivity index (χ4n) is 1.69. The van der Waals surface area contributed by atoms with Gasteiger partial charge in [0, 0.05) is 16.9 Å². The molecule has 1 aromatic carbocycles. The van der Waals surface area contributed by atoms with E-state index < -0.39 is 11.9 Å². The Labute approximate surface area is 123 Å². The SMILES string of the molecule is O=C(O)C(Cc1cccc(Br)c1)c1ncc(Cl)cn1. The lowest BCUT2D eigenvalue weighted by Gasteiger charge is -2.11. The first-order chi connectivity index (χ1) is 9.06. The van der Waals surface area contributed by atoms with Crippen LogP contribution in [0.5, 0.6) is 0 Å². The summed E-state index contributed by atoms with van der Waals surface area (Å²) in [6, 6.07) is 7.50. The van der Waals surface area contributed by atoms with Gasteiger partial charge in [-0.1, -0.05) is 39.7 Å². The van der Waals surface area contributed by atoms with Crippen molar-refractivity contribution >= 4 is 33.5 Å². The number of rotatable bonds is 4. The lowest BCUT2D eigenvalue weighted by molar-refractivity contribution is -0.139. The largest absolute Gasteiger partial charge is 0.481 e. The second kappa shape index (κ2) is 6.12. The summed E-state index contributed by atoms with van der Waals surface area (Å²) < 4.78 is 0.908. The smallest absolute Gasteiger partial charge is 0.314 e. The summed E-state index contributed by atoms with van der Waals surface area (Å²) in [5.41, 5.74) is 0.903. The molecule has 4 nitrogen and oxygen atoms in total. The Bertz CT molecular complexity index is 589. The highest BCUT2D eigenvalue weighted by Gasteiger charge is 2.23. The van der Waals surface area contributed by atoms with Crippen molar-refractivity contribution in [1.82, 2.24) is 9.97 Å². The molecule has 1 unspecified atom stereocenters. The van der Waals surface area contributed by atoms with Gasteiger partial charge in [0.2, 0.25) is 0 Å². The Morgan fingerprint density at radius 3 is 2.63 bits per heavy atom. The number of benzene rings is 1. The molecule has 1 aromatic heterocycles. The molecule has 0 spiro atoms. The second-order valence-electron chi connectivity index (χ2n) is 3.98. The van der Waals surface area contributed by atoms with E-state index in [4.69, 9.17) is 11.6 Å². The van der Waals surface area contributed by atoms with Crippen LogP contribution in [-0.2, 0) is 11.2 Å².